The Kier molecular flexibility index (Phi) is 9.46. The first-order valence-corrected chi connectivity index (χ1v) is 16.7. The smallest absolute Gasteiger partial charge is 0.294 e. The standard InChI is InChI=1S/C25H20I2N6O8S2/c26-18-12-14(42(36,37)38)8-10-20(18)32-24(34)16(22(28)30-32)6-4-2-1-3-5-7-17-23(29)31-33(25(17)35)21-11-9-15(13-19(21)27)43(39,40)41/h1-13,30H,28H2,(H2,29,31)(H,36,37,38)(H,39,40,41)/b2-1+,5-3+,6-4+,17-7-/i26-2,27-2. The number of aromatic amines is 1. The summed E-state index contributed by atoms with van der Waals surface area (Å²) < 4.78 is 65.7. The summed E-state index contributed by atoms with van der Waals surface area (Å²) in [5.74, 6) is -0.509. The number of amides is 1. The van der Waals surface area contributed by atoms with Crippen molar-refractivity contribution in [1.29, 1.82) is 0 Å². The molecule has 0 radical (unpaired) electrons. The molecule has 2 heterocycles. The fraction of sp³-hybridized carbons (Fsp3) is 0. The van der Waals surface area contributed by atoms with Crippen LogP contribution < -0.4 is 22.0 Å². The molecule has 0 unspecified atom stereocenters. The fourth-order valence-electron chi connectivity index (χ4n) is 3.69. The third-order valence-corrected chi connectivity index (χ3v) is 9.16. The van der Waals surface area contributed by atoms with E-state index in [1.807, 2.05) is 45.2 Å². The second-order valence-corrected chi connectivity index (χ2v) is 13.7. The molecule has 1 amide bonds. The second kappa shape index (κ2) is 12.6. The number of nitrogens with one attached hydrogen (secondary N) is 1. The van der Waals surface area contributed by atoms with Gasteiger partial charge in [0.05, 0.1) is 32.3 Å². The predicted octanol–water partition coefficient (Wildman–Crippen LogP) is 2.82. The molecule has 1 aromatic heterocycles. The highest BCUT2D eigenvalue weighted by atomic mass is 125. The minimum Gasteiger partial charge on any atom is -0.383 e. The van der Waals surface area contributed by atoms with Crippen molar-refractivity contribution in [3.8, 4) is 5.69 Å². The number of amidine groups is 1. The number of hydrogen-bond donors (Lipinski definition) is 5. The first-order chi connectivity index (χ1) is 20.1. The summed E-state index contributed by atoms with van der Waals surface area (Å²) in [5, 5.41) is 7.80. The molecule has 4 rings (SSSR count). The number of rotatable bonds is 8. The Bertz CT molecular complexity index is 2080. The van der Waals surface area contributed by atoms with Crippen LogP contribution >= 0.6 is 45.2 Å². The molecule has 1 aliphatic rings. The zero-order chi connectivity index (χ0) is 31.7. The zero-order valence-corrected chi connectivity index (χ0v) is 27.4. The van der Waals surface area contributed by atoms with Gasteiger partial charge in [0.15, 0.2) is 5.84 Å². The van der Waals surface area contributed by atoms with E-state index in [0.29, 0.717) is 12.8 Å². The SMILES string of the molecule is NC1=NN(c2ccc(S(=O)(=O)O)cc2[125I])C(=O)\C1=C/C=C/C=C/C=C/c1c(N)[nH]n(-c2ccc(S(=O)(=O)O)cc2[125I])c1=O. The Hall–Kier alpha value is -3.57. The summed E-state index contributed by atoms with van der Waals surface area (Å²) in [7, 11) is -8.81. The largest absolute Gasteiger partial charge is 0.383 e. The van der Waals surface area contributed by atoms with Crippen molar-refractivity contribution in [2.24, 2.45) is 10.8 Å². The molecule has 0 aliphatic carbocycles. The number of nitrogen functional groups attached to an aromatic ring is 1. The van der Waals surface area contributed by atoms with Crippen LogP contribution in [0.15, 0.2) is 98.1 Å². The van der Waals surface area contributed by atoms with E-state index in [0.717, 1.165) is 21.8 Å². The van der Waals surface area contributed by atoms with Gasteiger partial charge in [-0.05, 0) is 93.7 Å². The van der Waals surface area contributed by atoms with E-state index in [2.05, 4.69) is 10.2 Å². The number of aromatic nitrogens is 2. The summed E-state index contributed by atoms with van der Waals surface area (Å²) in [6.45, 7) is 0. The van der Waals surface area contributed by atoms with Gasteiger partial charge in [0, 0.05) is 7.14 Å². The van der Waals surface area contributed by atoms with Gasteiger partial charge < -0.3 is 11.5 Å². The lowest BCUT2D eigenvalue weighted by atomic mass is 10.2. The van der Waals surface area contributed by atoms with Gasteiger partial charge in [-0.2, -0.15) is 21.8 Å². The summed E-state index contributed by atoms with van der Waals surface area (Å²) in [5.41, 5.74) is 12.3. The molecule has 0 fully saturated rings. The van der Waals surface area contributed by atoms with Crippen molar-refractivity contribution in [2.45, 2.75) is 9.79 Å². The molecule has 2 aromatic carbocycles. The number of halogens is 2. The minimum atomic E-state index is -4.41. The highest BCUT2D eigenvalue weighted by molar-refractivity contribution is 14.1. The molecule has 7 N–H and O–H groups in total. The third kappa shape index (κ3) is 7.15. The first-order valence-electron chi connectivity index (χ1n) is 11.6. The number of hydrazone groups is 1. The summed E-state index contributed by atoms with van der Waals surface area (Å²) in [6, 6.07) is 7.42. The molecular weight excluding hydrogens is 826 g/mol. The van der Waals surface area contributed by atoms with Crippen LogP contribution in [0, 0.1) is 7.14 Å². The summed E-state index contributed by atoms with van der Waals surface area (Å²) >= 11 is 3.65. The molecular formula is C25H20I2N6O8S2. The van der Waals surface area contributed by atoms with E-state index in [4.69, 9.17) is 11.5 Å². The Morgan fingerprint density at radius 3 is 1.91 bits per heavy atom. The Balaban J connectivity index is 1.45. The van der Waals surface area contributed by atoms with E-state index in [-0.39, 0.29) is 38.3 Å². The highest BCUT2D eigenvalue weighted by Gasteiger charge is 2.30. The van der Waals surface area contributed by atoms with E-state index < -0.39 is 31.7 Å². The van der Waals surface area contributed by atoms with Gasteiger partial charge in [-0.1, -0.05) is 30.4 Å². The van der Waals surface area contributed by atoms with Gasteiger partial charge in [-0.25, -0.2) is 4.68 Å². The number of nitrogens with zero attached hydrogens (tertiary/aromatic N) is 3. The minimum absolute atomic E-state index is 0.0466. The van der Waals surface area contributed by atoms with Gasteiger partial charge in [0.1, 0.15) is 5.82 Å². The maximum Gasteiger partial charge on any atom is 0.294 e. The normalized spacial score (nSPS) is 15.5. The molecule has 0 bridgehead atoms. The van der Waals surface area contributed by atoms with Crippen LogP contribution in [0.25, 0.3) is 11.8 Å². The zero-order valence-electron chi connectivity index (χ0n) is 21.4. The van der Waals surface area contributed by atoms with E-state index in [9.17, 15) is 35.5 Å². The van der Waals surface area contributed by atoms with Crippen LogP contribution in [-0.4, -0.2) is 47.5 Å². The predicted molar refractivity (Wildman–Crippen MR) is 177 cm³/mol. The van der Waals surface area contributed by atoms with Crippen molar-refractivity contribution in [3.05, 3.63) is 101 Å². The van der Waals surface area contributed by atoms with Gasteiger partial charge >= 0.3 is 0 Å². The summed E-state index contributed by atoms with van der Waals surface area (Å²) in [6.07, 6.45) is 10.9. The molecule has 3 aromatic rings. The Morgan fingerprint density at radius 2 is 1.35 bits per heavy atom. The number of anilines is 2. The topological polar surface area (TPSA) is 231 Å². The lowest BCUT2D eigenvalue weighted by Gasteiger charge is -2.14. The van der Waals surface area contributed by atoms with Crippen molar-refractivity contribution in [1.82, 2.24) is 9.78 Å². The molecule has 0 spiro atoms. The fourth-order valence-corrected chi connectivity index (χ4v) is 6.63. The molecule has 18 heteroatoms. The first kappa shape index (κ1) is 32.3. The molecule has 0 saturated carbocycles. The number of allylic oxidation sites excluding steroid dienone is 6. The quantitative estimate of drug-likeness (QED) is 0.0964. The van der Waals surface area contributed by atoms with Crippen LogP contribution in [0.2, 0.25) is 0 Å². The number of H-pyrrole nitrogens is 1. The van der Waals surface area contributed by atoms with E-state index in [1.165, 1.54) is 36.4 Å². The number of carbonyl (C=O) groups excluding carboxylic acids is 1. The number of nitrogens with two attached hydrogens (primary N) is 2. The van der Waals surface area contributed by atoms with Crippen LogP contribution in [0.1, 0.15) is 5.56 Å². The lowest BCUT2D eigenvalue weighted by molar-refractivity contribution is -0.114. The molecule has 224 valence electrons. The second-order valence-electron chi connectivity index (χ2n) is 8.57. The maximum atomic E-state index is 12.9. The molecule has 0 atom stereocenters. The number of carbonyl (C=O) groups is 1. The highest BCUT2D eigenvalue weighted by Crippen LogP contribution is 2.29. The van der Waals surface area contributed by atoms with Crippen molar-refractivity contribution >= 4 is 94.7 Å². The molecule has 1 aliphatic heterocycles. The lowest BCUT2D eigenvalue weighted by Crippen LogP contribution is -2.23. The Labute approximate surface area is 271 Å². The van der Waals surface area contributed by atoms with Crippen molar-refractivity contribution < 1.29 is 30.7 Å². The monoisotopic (exact) mass is 846 g/mol. The summed E-state index contributed by atoms with van der Waals surface area (Å²) in [4.78, 5) is 25.1. The maximum absolute atomic E-state index is 12.9. The Morgan fingerprint density at radius 1 is 0.814 bits per heavy atom. The van der Waals surface area contributed by atoms with Gasteiger partial charge in [0.2, 0.25) is 0 Å². The number of hydrogen-bond acceptors (Lipinski definition) is 9. The van der Waals surface area contributed by atoms with Crippen molar-refractivity contribution in [3.63, 3.8) is 0 Å². The molecule has 14 nitrogen and oxygen atoms in total. The third-order valence-electron chi connectivity index (χ3n) is 5.74. The van der Waals surface area contributed by atoms with Crippen molar-refractivity contribution in [2.75, 3.05) is 10.7 Å². The average Bonchev–Trinajstić information content (AvgIpc) is 3.35. The van der Waals surface area contributed by atoms with Gasteiger partial charge in [-0.15, -0.1) is 5.10 Å². The van der Waals surface area contributed by atoms with E-state index >= 15 is 0 Å². The van der Waals surface area contributed by atoms with Crippen LogP contribution in [0.4, 0.5) is 11.5 Å². The van der Waals surface area contributed by atoms with E-state index in [1.54, 1.807) is 30.4 Å². The molecule has 0 saturated heterocycles. The molecule has 43 heavy (non-hydrogen) atoms. The van der Waals surface area contributed by atoms with Crippen LogP contribution in [0.5, 0.6) is 0 Å². The average molecular weight is 846 g/mol. The number of benzene rings is 2. The van der Waals surface area contributed by atoms with Crippen LogP contribution in [-0.2, 0) is 25.0 Å². The van der Waals surface area contributed by atoms with Gasteiger partial charge in [0.25, 0.3) is 31.7 Å². The van der Waals surface area contributed by atoms with Gasteiger partial charge in [-0.3, -0.25) is 23.8 Å². The van der Waals surface area contributed by atoms with Crippen LogP contribution in [0.3, 0.4) is 0 Å².